The molecule has 0 atom stereocenters. The molecule has 0 saturated heterocycles. The lowest BCUT2D eigenvalue weighted by molar-refractivity contribution is -0.139. The van der Waals surface area contributed by atoms with Crippen molar-refractivity contribution in [2.75, 3.05) is 6.54 Å². The normalized spacial score (nSPS) is 12.2. The number of nitrogens with zero attached hydrogens (tertiary/aromatic N) is 1. The second-order valence-electron chi connectivity index (χ2n) is 4.70. The highest BCUT2D eigenvalue weighted by atomic mass is 79.9. The third-order valence-electron chi connectivity index (χ3n) is 2.82. The van der Waals surface area contributed by atoms with Gasteiger partial charge in [0, 0.05) is 17.1 Å². The number of halogens is 4. The lowest BCUT2D eigenvalue weighted by Crippen LogP contribution is -2.35. The SMILES string of the molecule is CC(C)N(CC(=O)O)Cc1cc(C(F)(F)F)ccc1Br. The van der Waals surface area contributed by atoms with Crippen LogP contribution in [0, 0.1) is 0 Å². The number of benzene rings is 1. The largest absolute Gasteiger partial charge is 0.480 e. The number of rotatable bonds is 5. The van der Waals surface area contributed by atoms with Crippen LogP contribution in [0.3, 0.4) is 0 Å². The van der Waals surface area contributed by atoms with Crippen molar-refractivity contribution in [2.45, 2.75) is 32.6 Å². The monoisotopic (exact) mass is 353 g/mol. The molecule has 0 radical (unpaired) electrons. The number of alkyl halides is 3. The summed E-state index contributed by atoms with van der Waals surface area (Å²) in [4.78, 5) is 12.4. The maximum atomic E-state index is 12.7. The summed E-state index contributed by atoms with van der Waals surface area (Å²) < 4.78 is 38.6. The lowest BCUT2D eigenvalue weighted by atomic mass is 10.1. The zero-order valence-electron chi connectivity index (χ0n) is 11.0. The standard InChI is InChI=1S/C13H15BrF3NO2/c1-8(2)18(7-12(19)20)6-9-5-10(13(15,16)17)3-4-11(9)14/h3-5,8H,6-7H2,1-2H3,(H,19,20). The first-order valence-electron chi connectivity index (χ1n) is 5.92. The fraction of sp³-hybridized carbons (Fsp3) is 0.462. The van der Waals surface area contributed by atoms with E-state index in [2.05, 4.69) is 15.9 Å². The van der Waals surface area contributed by atoms with Gasteiger partial charge in [-0.2, -0.15) is 13.2 Å². The Labute approximate surface area is 123 Å². The number of carboxylic acids is 1. The van der Waals surface area contributed by atoms with Gasteiger partial charge in [-0.15, -0.1) is 0 Å². The molecule has 0 saturated carbocycles. The van der Waals surface area contributed by atoms with Crippen LogP contribution in [0.1, 0.15) is 25.0 Å². The molecule has 1 aromatic rings. The molecule has 1 aromatic carbocycles. The van der Waals surface area contributed by atoms with Crippen LogP contribution in [0.4, 0.5) is 13.2 Å². The molecule has 0 aliphatic heterocycles. The molecule has 0 spiro atoms. The molecule has 0 aliphatic rings. The van der Waals surface area contributed by atoms with Gasteiger partial charge in [-0.05, 0) is 37.6 Å². The molecule has 0 bridgehead atoms. The molecule has 0 aliphatic carbocycles. The van der Waals surface area contributed by atoms with Crippen LogP contribution < -0.4 is 0 Å². The predicted octanol–water partition coefficient (Wildman–Crippen LogP) is 3.76. The van der Waals surface area contributed by atoms with Crippen LogP contribution in [0.2, 0.25) is 0 Å². The van der Waals surface area contributed by atoms with E-state index in [1.54, 1.807) is 18.7 Å². The third kappa shape index (κ3) is 4.79. The van der Waals surface area contributed by atoms with E-state index in [9.17, 15) is 18.0 Å². The topological polar surface area (TPSA) is 40.5 Å². The highest BCUT2D eigenvalue weighted by Gasteiger charge is 2.31. The zero-order chi connectivity index (χ0) is 15.5. The van der Waals surface area contributed by atoms with E-state index in [-0.39, 0.29) is 19.1 Å². The Morgan fingerprint density at radius 1 is 1.40 bits per heavy atom. The number of hydrogen-bond donors (Lipinski definition) is 1. The summed E-state index contributed by atoms with van der Waals surface area (Å²) in [6, 6.07) is 3.27. The van der Waals surface area contributed by atoms with Crippen molar-refractivity contribution in [3.05, 3.63) is 33.8 Å². The first kappa shape index (κ1) is 17.0. The average molecular weight is 354 g/mol. The number of hydrogen-bond acceptors (Lipinski definition) is 2. The van der Waals surface area contributed by atoms with Gasteiger partial charge in [0.1, 0.15) is 0 Å². The summed E-state index contributed by atoms with van der Waals surface area (Å²) in [5, 5.41) is 8.83. The van der Waals surface area contributed by atoms with Crippen LogP contribution in [0.5, 0.6) is 0 Å². The second-order valence-corrected chi connectivity index (χ2v) is 5.55. The quantitative estimate of drug-likeness (QED) is 0.875. The molecule has 1 N–H and O–H groups in total. The Hall–Kier alpha value is -1.08. The van der Waals surface area contributed by atoms with Gasteiger partial charge in [-0.25, -0.2) is 0 Å². The minimum absolute atomic E-state index is 0.0902. The van der Waals surface area contributed by atoms with E-state index in [0.717, 1.165) is 12.1 Å². The molecule has 0 fully saturated rings. The van der Waals surface area contributed by atoms with Crippen molar-refractivity contribution in [3.63, 3.8) is 0 Å². The summed E-state index contributed by atoms with van der Waals surface area (Å²) in [5.74, 6) is -1.01. The van der Waals surface area contributed by atoms with Gasteiger partial charge >= 0.3 is 12.1 Å². The van der Waals surface area contributed by atoms with Crippen LogP contribution in [0.25, 0.3) is 0 Å². The summed E-state index contributed by atoms with van der Waals surface area (Å²) in [5.41, 5.74) is -0.329. The van der Waals surface area contributed by atoms with Gasteiger partial charge in [0.25, 0.3) is 0 Å². The second kappa shape index (κ2) is 6.58. The van der Waals surface area contributed by atoms with Crippen LogP contribution in [0.15, 0.2) is 22.7 Å². The molecule has 3 nitrogen and oxygen atoms in total. The molecule has 0 amide bonds. The molecule has 7 heteroatoms. The van der Waals surface area contributed by atoms with Gasteiger partial charge < -0.3 is 5.11 Å². The minimum atomic E-state index is -4.41. The van der Waals surface area contributed by atoms with Crippen LogP contribution in [-0.4, -0.2) is 28.6 Å². The van der Waals surface area contributed by atoms with Gasteiger partial charge in [0.05, 0.1) is 12.1 Å². The summed E-state index contributed by atoms with van der Waals surface area (Å²) in [6.45, 7) is 3.50. The molecular formula is C13H15BrF3NO2. The third-order valence-corrected chi connectivity index (χ3v) is 3.59. The van der Waals surface area contributed by atoms with Crippen molar-refractivity contribution in [3.8, 4) is 0 Å². The van der Waals surface area contributed by atoms with E-state index in [4.69, 9.17) is 5.11 Å². The molecule has 112 valence electrons. The maximum absolute atomic E-state index is 12.7. The number of carboxylic acid groups (broad SMARTS) is 1. The zero-order valence-corrected chi connectivity index (χ0v) is 12.6. The first-order valence-corrected chi connectivity index (χ1v) is 6.72. The smallest absolute Gasteiger partial charge is 0.416 e. The molecule has 0 aromatic heterocycles. The van der Waals surface area contributed by atoms with Gasteiger partial charge in [-0.3, -0.25) is 9.69 Å². The van der Waals surface area contributed by atoms with Crippen molar-refractivity contribution in [1.29, 1.82) is 0 Å². The highest BCUT2D eigenvalue weighted by Crippen LogP contribution is 2.32. The van der Waals surface area contributed by atoms with Gasteiger partial charge in [0.2, 0.25) is 0 Å². The fourth-order valence-electron chi connectivity index (χ4n) is 1.69. The summed E-state index contributed by atoms with van der Waals surface area (Å²) in [7, 11) is 0. The molecule has 20 heavy (non-hydrogen) atoms. The van der Waals surface area contributed by atoms with E-state index < -0.39 is 17.7 Å². The first-order chi connectivity index (χ1) is 9.11. The van der Waals surface area contributed by atoms with Crippen LogP contribution >= 0.6 is 15.9 Å². The predicted molar refractivity (Wildman–Crippen MR) is 72.3 cm³/mol. The van der Waals surface area contributed by atoms with Crippen molar-refractivity contribution in [2.24, 2.45) is 0 Å². The highest BCUT2D eigenvalue weighted by molar-refractivity contribution is 9.10. The number of aliphatic carboxylic acids is 1. The summed E-state index contributed by atoms with van der Waals surface area (Å²) >= 11 is 3.20. The average Bonchev–Trinajstić information content (AvgIpc) is 2.28. The number of carbonyl (C=O) groups is 1. The molecular weight excluding hydrogens is 339 g/mol. The molecule has 0 heterocycles. The Bertz CT molecular complexity index is 489. The van der Waals surface area contributed by atoms with E-state index in [1.807, 2.05) is 0 Å². The lowest BCUT2D eigenvalue weighted by Gasteiger charge is -2.25. The van der Waals surface area contributed by atoms with Crippen molar-refractivity contribution >= 4 is 21.9 Å². The fourth-order valence-corrected chi connectivity index (χ4v) is 2.06. The Balaban J connectivity index is 3.03. The molecule has 1 rings (SSSR count). The van der Waals surface area contributed by atoms with Gasteiger partial charge in [-0.1, -0.05) is 15.9 Å². The van der Waals surface area contributed by atoms with Crippen LogP contribution in [-0.2, 0) is 17.5 Å². The Kier molecular flexibility index (Phi) is 5.59. The van der Waals surface area contributed by atoms with E-state index in [1.165, 1.54) is 6.07 Å². The van der Waals surface area contributed by atoms with E-state index in [0.29, 0.717) is 10.0 Å². The van der Waals surface area contributed by atoms with Gasteiger partial charge in [0.15, 0.2) is 0 Å². The van der Waals surface area contributed by atoms with Crippen molar-refractivity contribution in [1.82, 2.24) is 4.90 Å². The maximum Gasteiger partial charge on any atom is 0.416 e. The van der Waals surface area contributed by atoms with Crippen molar-refractivity contribution < 1.29 is 23.1 Å². The minimum Gasteiger partial charge on any atom is -0.480 e. The Morgan fingerprint density at radius 2 is 2.00 bits per heavy atom. The molecule has 0 unspecified atom stereocenters. The Morgan fingerprint density at radius 3 is 2.45 bits per heavy atom. The summed E-state index contributed by atoms with van der Waals surface area (Å²) in [6.07, 6.45) is -4.41. The van der Waals surface area contributed by atoms with E-state index >= 15 is 0 Å².